The summed E-state index contributed by atoms with van der Waals surface area (Å²) in [6, 6.07) is 0.619. The minimum atomic E-state index is 0.362. The molecule has 0 aromatic rings. The van der Waals surface area contributed by atoms with E-state index in [1.54, 1.807) is 0 Å². The zero-order chi connectivity index (χ0) is 11.0. The maximum atomic E-state index is 5.20. The van der Waals surface area contributed by atoms with Crippen LogP contribution in [0.25, 0.3) is 0 Å². The summed E-state index contributed by atoms with van der Waals surface area (Å²) in [4.78, 5) is 0. The summed E-state index contributed by atoms with van der Waals surface area (Å²) in [5, 5.41) is 3.39. The van der Waals surface area contributed by atoms with E-state index in [1.165, 1.54) is 25.7 Å². The van der Waals surface area contributed by atoms with Crippen molar-refractivity contribution >= 4 is 0 Å². The maximum Gasteiger partial charge on any atom is 0.0113 e. The first-order valence-corrected chi connectivity index (χ1v) is 5.63. The van der Waals surface area contributed by atoms with E-state index in [0.717, 1.165) is 6.42 Å². The number of terminal acetylenes is 1. The van der Waals surface area contributed by atoms with Crippen LogP contribution >= 0.6 is 0 Å². The standard InChI is InChI=1S/C13H25N/c1-6-7-8-9-10-11-12(14-5)13(2,3)4/h1,12,14H,7-11H2,2-5H3. The van der Waals surface area contributed by atoms with Crippen molar-refractivity contribution in [3.8, 4) is 12.3 Å². The van der Waals surface area contributed by atoms with Gasteiger partial charge in [0.05, 0.1) is 0 Å². The highest BCUT2D eigenvalue weighted by Crippen LogP contribution is 2.23. The van der Waals surface area contributed by atoms with E-state index in [1.807, 2.05) is 0 Å². The van der Waals surface area contributed by atoms with E-state index < -0.39 is 0 Å². The normalized spacial score (nSPS) is 13.6. The van der Waals surface area contributed by atoms with Crippen LogP contribution in [0.1, 0.15) is 52.9 Å². The summed E-state index contributed by atoms with van der Waals surface area (Å²) < 4.78 is 0. The molecule has 0 spiro atoms. The summed E-state index contributed by atoms with van der Waals surface area (Å²) in [6.45, 7) is 6.86. The molecular weight excluding hydrogens is 170 g/mol. The van der Waals surface area contributed by atoms with Crippen molar-refractivity contribution in [3.63, 3.8) is 0 Å². The van der Waals surface area contributed by atoms with Gasteiger partial charge in [-0.3, -0.25) is 0 Å². The first-order chi connectivity index (χ1) is 6.52. The topological polar surface area (TPSA) is 12.0 Å². The highest BCUT2D eigenvalue weighted by atomic mass is 14.9. The number of rotatable bonds is 6. The van der Waals surface area contributed by atoms with Crippen LogP contribution in [0.4, 0.5) is 0 Å². The third kappa shape index (κ3) is 6.05. The van der Waals surface area contributed by atoms with Gasteiger partial charge in [-0.1, -0.05) is 33.6 Å². The molecule has 0 amide bonds. The van der Waals surface area contributed by atoms with E-state index in [0.29, 0.717) is 11.5 Å². The van der Waals surface area contributed by atoms with Gasteiger partial charge in [0.1, 0.15) is 0 Å². The average Bonchev–Trinajstić information content (AvgIpc) is 2.09. The Hall–Kier alpha value is -0.480. The second kappa shape index (κ2) is 6.90. The maximum absolute atomic E-state index is 5.20. The minimum absolute atomic E-state index is 0.362. The summed E-state index contributed by atoms with van der Waals surface area (Å²) in [6.07, 6.45) is 11.1. The lowest BCUT2D eigenvalue weighted by molar-refractivity contribution is 0.262. The third-order valence-corrected chi connectivity index (χ3v) is 2.71. The molecule has 0 aromatic carbocycles. The molecule has 82 valence electrons. The Morgan fingerprint density at radius 1 is 1.21 bits per heavy atom. The fraction of sp³-hybridized carbons (Fsp3) is 0.846. The summed E-state index contributed by atoms with van der Waals surface area (Å²) in [7, 11) is 2.05. The van der Waals surface area contributed by atoms with Crippen LogP contribution in [0.15, 0.2) is 0 Å². The van der Waals surface area contributed by atoms with Gasteiger partial charge >= 0.3 is 0 Å². The predicted octanol–water partition coefficient (Wildman–Crippen LogP) is 3.20. The highest BCUT2D eigenvalue weighted by molar-refractivity contribution is 4.83. The van der Waals surface area contributed by atoms with E-state index >= 15 is 0 Å². The molecule has 0 aliphatic rings. The molecule has 1 atom stereocenters. The monoisotopic (exact) mass is 195 g/mol. The van der Waals surface area contributed by atoms with Gasteiger partial charge in [0.15, 0.2) is 0 Å². The van der Waals surface area contributed by atoms with Crippen LogP contribution in [0, 0.1) is 17.8 Å². The summed E-state index contributed by atoms with van der Waals surface area (Å²) >= 11 is 0. The Kier molecular flexibility index (Phi) is 6.66. The van der Waals surface area contributed by atoms with Crippen molar-refractivity contribution in [2.24, 2.45) is 5.41 Å². The van der Waals surface area contributed by atoms with Crippen LogP contribution in [-0.2, 0) is 0 Å². The van der Waals surface area contributed by atoms with Crippen LogP contribution in [0.3, 0.4) is 0 Å². The smallest absolute Gasteiger partial charge is 0.0113 e. The minimum Gasteiger partial charge on any atom is -0.316 e. The molecule has 1 N–H and O–H groups in total. The Labute approximate surface area is 89.7 Å². The molecule has 1 heteroatoms. The Morgan fingerprint density at radius 2 is 1.86 bits per heavy atom. The SMILES string of the molecule is C#CCCCCCC(NC)C(C)(C)C. The average molecular weight is 195 g/mol. The molecule has 1 unspecified atom stereocenters. The van der Waals surface area contributed by atoms with Gasteiger partial charge in [0.25, 0.3) is 0 Å². The fourth-order valence-corrected chi connectivity index (χ4v) is 1.76. The summed E-state index contributed by atoms with van der Waals surface area (Å²) in [5.41, 5.74) is 0.362. The predicted molar refractivity (Wildman–Crippen MR) is 64.2 cm³/mol. The first-order valence-electron chi connectivity index (χ1n) is 5.63. The first kappa shape index (κ1) is 13.5. The number of hydrogen-bond donors (Lipinski definition) is 1. The number of hydrogen-bond acceptors (Lipinski definition) is 1. The molecule has 0 saturated carbocycles. The lowest BCUT2D eigenvalue weighted by Crippen LogP contribution is -2.37. The van der Waals surface area contributed by atoms with Crippen LogP contribution in [0.5, 0.6) is 0 Å². The zero-order valence-corrected chi connectivity index (χ0v) is 10.2. The van der Waals surface area contributed by atoms with Gasteiger partial charge in [-0.15, -0.1) is 12.3 Å². The Balaban J connectivity index is 3.60. The molecular formula is C13H25N. The third-order valence-electron chi connectivity index (χ3n) is 2.71. The fourth-order valence-electron chi connectivity index (χ4n) is 1.76. The van der Waals surface area contributed by atoms with Crippen molar-refractivity contribution in [2.75, 3.05) is 7.05 Å². The van der Waals surface area contributed by atoms with Crippen molar-refractivity contribution in [2.45, 2.75) is 58.9 Å². The highest BCUT2D eigenvalue weighted by Gasteiger charge is 2.21. The molecule has 0 fully saturated rings. The van der Waals surface area contributed by atoms with Gasteiger partial charge in [-0.2, -0.15) is 0 Å². The molecule has 0 bridgehead atoms. The van der Waals surface area contributed by atoms with E-state index in [4.69, 9.17) is 6.42 Å². The van der Waals surface area contributed by atoms with Crippen molar-refractivity contribution in [1.29, 1.82) is 0 Å². The molecule has 0 heterocycles. The van der Waals surface area contributed by atoms with E-state index in [2.05, 4.69) is 39.1 Å². The number of nitrogens with one attached hydrogen (secondary N) is 1. The zero-order valence-electron chi connectivity index (χ0n) is 10.2. The van der Waals surface area contributed by atoms with E-state index in [9.17, 15) is 0 Å². The molecule has 0 aliphatic carbocycles. The second-order valence-corrected chi connectivity index (χ2v) is 5.01. The van der Waals surface area contributed by atoms with Gasteiger partial charge in [0, 0.05) is 12.5 Å². The van der Waals surface area contributed by atoms with Gasteiger partial charge in [0.2, 0.25) is 0 Å². The van der Waals surface area contributed by atoms with Crippen molar-refractivity contribution in [1.82, 2.24) is 5.32 Å². The van der Waals surface area contributed by atoms with Crippen LogP contribution in [0.2, 0.25) is 0 Å². The Morgan fingerprint density at radius 3 is 2.29 bits per heavy atom. The lowest BCUT2D eigenvalue weighted by Gasteiger charge is -2.30. The molecule has 1 nitrogen and oxygen atoms in total. The molecule has 0 saturated heterocycles. The van der Waals surface area contributed by atoms with Gasteiger partial charge in [-0.25, -0.2) is 0 Å². The molecule has 0 radical (unpaired) electrons. The molecule has 0 aliphatic heterocycles. The molecule has 14 heavy (non-hydrogen) atoms. The van der Waals surface area contributed by atoms with Gasteiger partial charge < -0.3 is 5.32 Å². The van der Waals surface area contributed by atoms with Crippen LogP contribution < -0.4 is 5.32 Å². The number of unbranched alkanes of at least 4 members (excludes halogenated alkanes) is 3. The van der Waals surface area contributed by atoms with Crippen molar-refractivity contribution in [3.05, 3.63) is 0 Å². The molecule has 0 rings (SSSR count). The molecule has 0 aromatic heterocycles. The Bertz CT molecular complexity index is 171. The summed E-state index contributed by atoms with van der Waals surface area (Å²) in [5.74, 6) is 2.68. The van der Waals surface area contributed by atoms with Crippen molar-refractivity contribution < 1.29 is 0 Å². The lowest BCUT2D eigenvalue weighted by atomic mass is 9.84. The second-order valence-electron chi connectivity index (χ2n) is 5.01. The van der Waals surface area contributed by atoms with Crippen LogP contribution in [-0.4, -0.2) is 13.1 Å². The quantitative estimate of drug-likeness (QED) is 0.507. The van der Waals surface area contributed by atoms with E-state index in [-0.39, 0.29) is 0 Å². The largest absolute Gasteiger partial charge is 0.316 e. The van der Waals surface area contributed by atoms with Gasteiger partial charge in [-0.05, 0) is 25.3 Å².